The van der Waals surface area contributed by atoms with Gasteiger partial charge in [0.05, 0.1) is 25.0 Å². The molecule has 0 bridgehead atoms. The molecule has 3 aliphatic rings. The van der Waals surface area contributed by atoms with Gasteiger partial charge < -0.3 is 19.3 Å². The number of carbonyl (C=O) groups is 3. The van der Waals surface area contributed by atoms with Crippen molar-refractivity contribution in [1.82, 2.24) is 15.1 Å². The highest BCUT2D eigenvalue weighted by atomic mass is 16.5. The first-order valence-electron chi connectivity index (χ1n) is 12.9. The maximum atomic E-state index is 13.3. The third kappa shape index (κ3) is 6.32. The summed E-state index contributed by atoms with van der Waals surface area (Å²) in [5, 5.41) is 2.32. The molecular formula is C26H38N4O5. The number of urea groups is 1. The fourth-order valence-corrected chi connectivity index (χ4v) is 5.13. The van der Waals surface area contributed by atoms with Crippen molar-refractivity contribution in [2.45, 2.75) is 64.1 Å². The molecule has 0 spiro atoms. The summed E-state index contributed by atoms with van der Waals surface area (Å²) in [6, 6.07) is 4.62. The van der Waals surface area contributed by atoms with Crippen LogP contribution in [0.25, 0.3) is 0 Å². The normalized spacial score (nSPS) is 20.7. The molecular weight excluding hydrogens is 448 g/mol. The van der Waals surface area contributed by atoms with Crippen molar-refractivity contribution in [2.75, 3.05) is 51.3 Å². The lowest BCUT2D eigenvalue weighted by Crippen LogP contribution is -2.49. The van der Waals surface area contributed by atoms with E-state index in [-0.39, 0.29) is 30.9 Å². The minimum atomic E-state index is -0.502. The third-order valence-corrected chi connectivity index (χ3v) is 7.25. The van der Waals surface area contributed by atoms with Gasteiger partial charge in [-0.3, -0.25) is 19.8 Å². The molecule has 0 atom stereocenters. The quantitative estimate of drug-likeness (QED) is 0.607. The van der Waals surface area contributed by atoms with E-state index in [1.807, 2.05) is 4.90 Å². The second-order valence-electron chi connectivity index (χ2n) is 9.66. The van der Waals surface area contributed by atoms with Crippen molar-refractivity contribution >= 4 is 23.5 Å². The molecule has 0 aliphatic carbocycles. The Hall–Kier alpha value is -2.65. The first-order valence-corrected chi connectivity index (χ1v) is 12.9. The molecule has 0 radical (unpaired) electrons. The maximum absolute atomic E-state index is 13.3. The van der Waals surface area contributed by atoms with Crippen molar-refractivity contribution in [2.24, 2.45) is 0 Å². The molecule has 1 aromatic rings. The Morgan fingerprint density at radius 2 is 1.71 bits per heavy atom. The molecule has 4 rings (SSSR count). The SMILES string of the molecule is CCCCN1CCC(OC2CCN(C(=O)c3ccc(OC)c(N4CCC(=O)NC4=O)c3)CC2)CC1. The predicted molar refractivity (Wildman–Crippen MR) is 133 cm³/mol. The summed E-state index contributed by atoms with van der Waals surface area (Å²) in [6.45, 7) is 7.21. The zero-order valence-corrected chi connectivity index (χ0v) is 21.0. The fourth-order valence-electron chi connectivity index (χ4n) is 5.13. The largest absolute Gasteiger partial charge is 0.495 e. The standard InChI is InChI=1S/C26H38N4O5/c1-3-4-12-28-13-7-20(8-14-28)35-21-9-15-29(16-10-21)25(32)19-5-6-23(34-2)22(18-19)30-17-11-24(31)27-26(30)33/h5-6,18,20-21H,3-4,7-17H2,1-2H3,(H,27,31,33). The lowest BCUT2D eigenvalue weighted by molar-refractivity contribution is -0.120. The molecule has 3 heterocycles. The predicted octanol–water partition coefficient (Wildman–Crippen LogP) is 3.03. The number of imide groups is 1. The summed E-state index contributed by atoms with van der Waals surface area (Å²) in [7, 11) is 1.52. The van der Waals surface area contributed by atoms with Gasteiger partial charge in [0, 0.05) is 44.7 Å². The van der Waals surface area contributed by atoms with Gasteiger partial charge in [0.25, 0.3) is 5.91 Å². The minimum absolute atomic E-state index is 0.0647. The van der Waals surface area contributed by atoms with Crippen LogP contribution in [0.5, 0.6) is 5.75 Å². The van der Waals surface area contributed by atoms with E-state index in [1.54, 1.807) is 18.2 Å². The van der Waals surface area contributed by atoms with Gasteiger partial charge in [-0.1, -0.05) is 13.3 Å². The maximum Gasteiger partial charge on any atom is 0.328 e. The number of rotatable bonds is 8. The summed E-state index contributed by atoms with van der Waals surface area (Å²) < 4.78 is 11.8. The van der Waals surface area contributed by atoms with Crippen LogP contribution < -0.4 is 15.0 Å². The molecule has 4 amide bonds. The highest BCUT2D eigenvalue weighted by molar-refractivity contribution is 6.07. The summed E-state index contributed by atoms with van der Waals surface area (Å²) in [6.07, 6.45) is 7.08. The Bertz CT molecular complexity index is 907. The second-order valence-corrected chi connectivity index (χ2v) is 9.66. The molecule has 1 aromatic carbocycles. The van der Waals surface area contributed by atoms with Gasteiger partial charge in [0.15, 0.2) is 0 Å². The van der Waals surface area contributed by atoms with Gasteiger partial charge in [0.2, 0.25) is 5.91 Å². The molecule has 3 saturated heterocycles. The number of amides is 4. The number of carbonyl (C=O) groups excluding carboxylic acids is 3. The molecule has 3 fully saturated rings. The van der Waals surface area contributed by atoms with Gasteiger partial charge in [-0.25, -0.2) is 4.79 Å². The Labute approximate surface area is 207 Å². The Balaban J connectivity index is 1.31. The van der Waals surface area contributed by atoms with Crippen LogP contribution in [0.1, 0.15) is 62.2 Å². The number of likely N-dealkylation sites (tertiary alicyclic amines) is 2. The van der Waals surface area contributed by atoms with Crippen LogP contribution >= 0.6 is 0 Å². The smallest absolute Gasteiger partial charge is 0.328 e. The zero-order valence-electron chi connectivity index (χ0n) is 21.0. The summed E-state index contributed by atoms with van der Waals surface area (Å²) in [4.78, 5) is 43.0. The number of piperidine rings is 2. The molecule has 9 heteroatoms. The Morgan fingerprint density at radius 1 is 1.03 bits per heavy atom. The number of nitrogens with one attached hydrogen (secondary N) is 1. The molecule has 35 heavy (non-hydrogen) atoms. The van der Waals surface area contributed by atoms with Crippen molar-refractivity contribution in [1.29, 1.82) is 0 Å². The number of methoxy groups -OCH3 is 1. The van der Waals surface area contributed by atoms with E-state index in [0.29, 0.717) is 36.2 Å². The van der Waals surface area contributed by atoms with E-state index in [4.69, 9.17) is 9.47 Å². The van der Waals surface area contributed by atoms with E-state index < -0.39 is 6.03 Å². The van der Waals surface area contributed by atoms with Crippen LogP contribution in [0.2, 0.25) is 0 Å². The fraction of sp³-hybridized carbons (Fsp3) is 0.654. The number of anilines is 1. The molecule has 192 valence electrons. The first-order chi connectivity index (χ1) is 17.0. The van der Waals surface area contributed by atoms with E-state index in [2.05, 4.69) is 17.1 Å². The Kier molecular flexibility index (Phi) is 8.62. The number of nitrogens with zero attached hydrogens (tertiary/aromatic N) is 3. The van der Waals surface area contributed by atoms with Crippen LogP contribution in [-0.4, -0.2) is 86.2 Å². The molecule has 0 unspecified atom stereocenters. The number of unbranched alkanes of at least 4 members (excludes halogenated alkanes) is 1. The summed E-state index contributed by atoms with van der Waals surface area (Å²) >= 11 is 0. The highest BCUT2D eigenvalue weighted by Crippen LogP contribution is 2.31. The molecule has 9 nitrogen and oxygen atoms in total. The third-order valence-electron chi connectivity index (χ3n) is 7.25. The number of benzene rings is 1. The van der Waals surface area contributed by atoms with Crippen LogP contribution in [0.4, 0.5) is 10.5 Å². The number of hydrogen-bond acceptors (Lipinski definition) is 6. The van der Waals surface area contributed by atoms with Crippen LogP contribution in [0.3, 0.4) is 0 Å². The van der Waals surface area contributed by atoms with E-state index in [0.717, 1.165) is 38.8 Å². The van der Waals surface area contributed by atoms with Crippen molar-refractivity contribution < 1.29 is 23.9 Å². The van der Waals surface area contributed by atoms with Gasteiger partial charge in [-0.15, -0.1) is 0 Å². The van der Waals surface area contributed by atoms with Gasteiger partial charge in [-0.05, 0) is 56.8 Å². The highest BCUT2D eigenvalue weighted by Gasteiger charge is 2.30. The first kappa shape index (κ1) is 25.4. The number of ether oxygens (including phenoxy) is 2. The monoisotopic (exact) mass is 486 g/mol. The van der Waals surface area contributed by atoms with Crippen LogP contribution in [0.15, 0.2) is 18.2 Å². The van der Waals surface area contributed by atoms with Gasteiger partial charge >= 0.3 is 6.03 Å². The molecule has 1 N–H and O–H groups in total. The van der Waals surface area contributed by atoms with Gasteiger partial charge in [0.1, 0.15) is 5.75 Å². The van der Waals surface area contributed by atoms with Crippen molar-refractivity contribution in [3.8, 4) is 5.75 Å². The van der Waals surface area contributed by atoms with E-state index in [1.165, 1.54) is 31.4 Å². The zero-order chi connectivity index (χ0) is 24.8. The van der Waals surface area contributed by atoms with Gasteiger partial charge in [-0.2, -0.15) is 0 Å². The summed E-state index contributed by atoms with van der Waals surface area (Å²) in [5.74, 6) is 0.119. The van der Waals surface area contributed by atoms with Crippen LogP contribution in [-0.2, 0) is 9.53 Å². The van der Waals surface area contributed by atoms with Crippen LogP contribution in [0, 0.1) is 0 Å². The average molecular weight is 487 g/mol. The Morgan fingerprint density at radius 3 is 2.34 bits per heavy atom. The second kappa shape index (κ2) is 11.9. The van der Waals surface area contributed by atoms with E-state index in [9.17, 15) is 14.4 Å². The number of hydrogen-bond donors (Lipinski definition) is 1. The molecule has 0 saturated carbocycles. The summed E-state index contributed by atoms with van der Waals surface area (Å²) in [5.41, 5.74) is 0.996. The molecule has 0 aromatic heterocycles. The molecule has 3 aliphatic heterocycles. The minimum Gasteiger partial charge on any atom is -0.495 e. The van der Waals surface area contributed by atoms with Crippen molar-refractivity contribution in [3.63, 3.8) is 0 Å². The lowest BCUT2D eigenvalue weighted by atomic mass is 10.0. The van der Waals surface area contributed by atoms with Crippen molar-refractivity contribution in [3.05, 3.63) is 23.8 Å². The lowest BCUT2D eigenvalue weighted by Gasteiger charge is -2.37. The van der Waals surface area contributed by atoms with E-state index >= 15 is 0 Å². The topological polar surface area (TPSA) is 91.4 Å². The average Bonchev–Trinajstić information content (AvgIpc) is 2.88.